The van der Waals surface area contributed by atoms with Gasteiger partial charge < -0.3 is 229 Å². The van der Waals surface area contributed by atoms with E-state index in [1.165, 1.54) is 0 Å². The van der Waals surface area contributed by atoms with Crippen molar-refractivity contribution in [1.82, 2.24) is 0 Å². The van der Waals surface area contributed by atoms with Crippen LogP contribution in [0.15, 0.2) is 0 Å². The van der Waals surface area contributed by atoms with Crippen molar-refractivity contribution in [3.63, 3.8) is 0 Å². The Morgan fingerprint density at radius 3 is 0.610 bits per heavy atom. The van der Waals surface area contributed by atoms with Crippen LogP contribution < -0.4 is 0 Å². The lowest BCUT2D eigenvalue weighted by Gasteiger charge is -2.50. The number of aliphatic hydroxyl groups is 29. The smallest absolute Gasteiger partial charge is 0.187 e. The molecule has 0 aromatic heterocycles. The van der Waals surface area contributed by atoms with Crippen molar-refractivity contribution in [2.24, 2.45) is 0 Å². The lowest BCUT2D eigenvalue weighted by Crippen LogP contribution is -2.68. The highest BCUT2D eigenvalue weighted by Crippen LogP contribution is 2.39. The van der Waals surface area contributed by atoms with Crippen LogP contribution in [0.5, 0.6) is 0 Å². The van der Waals surface area contributed by atoms with Crippen LogP contribution in [0.3, 0.4) is 0 Å². The molecule has 0 bridgehead atoms. The van der Waals surface area contributed by atoms with Gasteiger partial charge in [0.15, 0.2) is 56.6 Å². The van der Waals surface area contributed by atoms with Crippen molar-refractivity contribution in [2.75, 3.05) is 59.5 Å². The Morgan fingerprint density at radius 1 is 0.170 bits per heavy atom. The molecule has 0 saturated carbocycles. The second kappa shape index (κ2) is 35.5. The van der Waals surface area contributed by atoms with Gasteiger partial charge in [0, 0.05) is 0 Å². The Labute approximate surface area is 563 Å². The highest BCUT2D eigenvalue weighted by atomic mass is 16.8. The number of aliphatic hydroxyl groups excluding tert-OH is 29. The summed E-state index contributed by atoms with van der Waals surface area (Å²) in [6.45, 7) is -8.85. The van der Waals surface area contributed by atoms with E-state index in [1.807, 2.05) is 0 Å². The molecule has 9 aliphatic rings. The minimum atomic E-state index is -2.29. The fourth-order valence-electron chi connectivity index (χ4n) is 12.8. The number of ether oxygens (including phenoxy) is 17. The van der Waals surface area contributed by atoms with Gasteiger partial charge in [-0.1, -0.05) is 0 Å². The molecule has 0 aromatic rings. The summed E-state index contributed by atoms with van der Waals surface area (Å²) in [7, 11) is 0. The summed E-state index contributed by atoms with van der Waals surface area (Å²) in [5.74, 6) is 0. The third-order valence-corrected chi connectivity index (χ3v) is 18.7. The third kappa shape index (κ3) is 17.0. The molecule has 9 fully saturated rings. The molecule has 100 heavy (non-hydrogen) atoms. The van der Waals surface area contributed by atoms with Crippen LogP contribution in [0.25, 0.3) is 0 Å². The highest BCUT2D eigenvalue weighted by Gasteiger charge is 2.60. The van der Waals surface area contributed by atoms with E-state index in [-0.39, 0.29) is 0 Å². The van der Waals surface area contributed by atoms with Crippen LogP contribution in [-0.2, 0) is 80.5 Å². The van der Waals surface area contributed by atoms with Gasteiger partial charge in [-0.3, -0.25) is 0 Å². The summed E-state index contributed by atoms with van der Waals surface area (Å²) < 4.78 is 94.6. The average molecular weight is 1480 g/mol. The van der Waals surface area contributed by atoms with Crippen molar-refractivity contribution in [2.45, 2.75) is 276 Å². The van der Waals surface area contributed by atoms with E-state index in [9.17, 15) is 148 Å². The van der Waals surface area contributed by atoms with Crippen LogP contribution in [-0.4, -0.2) is 484 Å². The second-order valence-electron chi connectivity index (χ2n) is 25.3. The van der Waals surface area contributed by atoms with Crippen LogP contribution in [0, 0.1) is 0 Å². The van der Waals surface area contributed by atoms with Crippen molar-refractivity contribution < 1.29 is 229 Å². The van der Waals surface area contributed by atoms with Gasteiger partial charge in [-0.15, -0.1) is 0 Å². The van der Waals surface area contributed by atoms with Gasteiger partial charge in [0.2, 0.25) is 0 Å². The second-order valence-corrected chi connectivity index (χ2v) is 25.3. The minimum absolute atomic E-state index is 0.730. The lowest BCUT2D eigenvalue weighted by molar-refractivity contribution is -0.398. The third-order valence-electron chi connectivity index (χ3n) is 18.7. The molecule has 9 heterocycles. The molecular formula is C54H92O46. The van der Waals surface area contributed by atoms with E-state index in [0.717, 1.165) is 0 Å². The van der Waals surface area contributed by atoms with Gasteiger partial charge in [0.25, 0.3) is 0 Å². The van der Waals surface area contributed by atoms with Gasteiger partial charge in [0.1, 0.15) is 220 Å². The molecule has 0 spiro atoms. The topological polar surface area (TPSA) is 744 Å². The van der Waals surface area contributed by atoms with Gasteiger partial charge >= 0.3 is 0 Å². The molecular weight excluding hydrogens is 1380 g/mol. The van der Waals surface area contributed by atoms with Crippen molar-refractivity contribution >= 4 is 0 Å². The first-order chi connectivity index (χ1) is 47.4. The SMILES string of the molecule is OC[C@H]1O[C@H](O[C@H]2[C@H](O)[C@@H](O)[C@@H](O[C@H]3[C@H](O)[C@@H](O)[C@@H](O[C@H]4[C@H](O)[C@@H](O)[C@@H](O[C@H]5[C@H](O)[C@@H](O)[C@@H](O[C@H]6[C@H](O)[C@@H](O)[C@@H](O[C@H]7[C@H](O)[C@@H](O)[C@H](OC[C@H]8O[C@H](OC[C@H]9OC(O)[C@H](O)[C@@H](O)[C@@H]9O)[C@H](O)[C@@H](O)[C@H]8O)O[C@@H]7CO)O[C@@H]6CO)O[C@@H]5CO)O[C@@H]4CO)O[C@@H]3CO)O[C@@H]2CO)[C@H](O)[C@@H](O)[C@@H]1O. The molecule has 0 aromatic carbocycles. The number of hydrogen-bond acceptors (Lipinski definition) is 46. The fraction of sp³-hybridized carbons (Fsp3) is 1.00. The van der Waals surface area contributed by atoms with E-state index in [1.54, 1.807) is 0 Å². The molecule has 584 valence electrons. The molecule has 29 N–H and O–H groups in total. The summed E-state index contributed by atoms with van der Waals surface area (Å²) >= 11 is 0. The van der Waals surface area contributed by atoms with Crippen LogP contribution in [0.4, 0.5) is 0 Å². The summed E-state index contributed by atoms with van der Waals surface area (Å²) in [6.07, 6.45) is -88.4. The largest absolute Gasteiger partial charge is 0.394 e. The zero-order valence-corrected chi connectivity index (χ0v) is 52.3. The van der Waals surface area contributed by atoms with Crippen LogP contribution in [0.2, 0.25) is 0 Å². The van der Waals surface area contributed by atoms with E-state index < -0.39 is 336 Å². The maximum absolute atomic E-state index is 11.4. The van der Waals surface area contributed by atoms with Crippen molar-refractivity contribution in [3.8, 4) is 0 Å². The normalized spacial score (nSPS) is 53.7. The molecule has 46 heteroatoms. The quantitative estimate of drug-likeness (QED) is 0.0404. The fourth-order valence-corrected chi connectivity index (χ4v) is 12.8. The molecule has 9 aliphatic heterocycles. The van der Waals surface area contributed by atoms with E-state index in [0.29, 0.717) is 0 Å². The van der Waals surface area contributed by atoms with Gasteiger partial charge in [-0.2, -0.15) is 0 Å². The number of rotatable bonds is 25. The molecule has 45 atom stereocenters. The van der Waals surface area contributed by atoms with Crippen molar-refractivity contribution in [1.29, 1.82) is 0 Å². The standard InChI is InChI=1S/C54H92O46/c55-1-10-19(62)23(66)33(76)49(87-10)95-41-12(3-57)89-51(35(78)26(41)69)97-43-14(5-59)91-53(37(80)28(43)71)99-45-16(7-61)93-54(39(82)30(45)73)100-44-15(6-60)92-52(38(81)29(44)72)98-42-13(4-58)90-50(36(79)27(42)70)96-40-11(2-56)88-48(34(77)25(40)68)85-9-18-21(64)24(67)32(75)47(94-18)84-8-17-20(63)22(65)31(74)46(83)86-17/h10-83H,1-9H2/t10-,11-,12-,13-,14-,15-,16-,17-,18-,19-,20-,21+,22+,23+,24+,25-,26-,27-,28-,29-,30-,31-,32-,33-,34-,35-,36-,37-,38-,39-,40-,41-,42-,43-,44-,45-,46?,47+,48-,49-,50-,51-,52-,53-,54-/m1/s1. The Kier molecular flexibility index (Phi) is 29.2. The Morgan fingerprint density at radius 2 is 0.350 bits per heavy atom. The van der Waals surface area contributed by atoms with Gasteiger partial charge in [-0.25, -0.2) is 0 Å². The zero-order chi connectivity index (χ0) is 73.4. The predicted molar refractivity (Wildman–Crippen MR) is 297 cm³/mol. The van der Waals surface area contributed by atoms with Crippen molar-refractivity contribution in [3.05, 3.63) is 0 Å². The van der Waals surface area contributed by atoms with Gasteiger partial charge in [0.05, 0.1) is 59.5 Å². The first-order valence-corrected chi connectivity index (χ1v) is 31.7. The monoisotopic (exact) mass is 1480 g/mol. The van der Waals surface area contributed by atoms with E-state index in [2.05, 4.69) is 0 Å². The maximum Gasteiger partial charge on any atom is 0.187 e. The van der Waals surface area contributed by atoms with Gasteiger partial charge in [-0.05, 0) is 0 Å². The van der Waals surface area contributed by atoms with E-state index in [4.69, 9.17) is 80.5 Å². The Bertz CT molecular complexity index is 2450. The lowest BCUT2D eigenvalue weighted by atomic mass is 9.95. The molecule has 9 saturated heterocycles. The van der Waals surface area contributed by atoms with E-state index >= 15 is 0 Å². The molecule has 0 radical (unpaired) electrons. The molecule has 0 amide bonds. The highest BCUT2D eigenvalue weighted by molar-refractivity contribution is 5.02. The first kappa shape index (κ1) is 82.2. The molecule has 9 rings (SSSR count). The molecule has 1 unspecified atom stereocenters. The zero-order valence-electron chi connectivity index (χ0n) is 52.3. The molecule has 46 nitrogen and oxygen atoms in total. The number of hydrogen-bond donors (Lipinski definition) is 29. The van der Waals surface area contributed by atoms with Crippen LogP contribution >= 0.6 is 0 Å². The Balaban J connectivity index is 0.759. The first-order valence-electron chi connectivity index (χ1n) is 31.7. The predicted octanol–water partition coefficient (Wildman–Crippen LogP) is -20.6. The maximum atomic E-state index is 11.4. The summed E-state index contributed by atoms with van der Waals surface area (Å²) in [6, 6.07) is 0. The minimum Gasteiger partial charge on any atom is -0.394 e. The summed E-state index contributed by atoms with van der Waals surface area (Å²) in [5.41, 5.74) is 0. The summed E-state index contributed by atoms with van der Waals surface area (Å²) in [4.78, 5) is 0. The average Bonchev–Trinajstić information content (AvgIpc) is 0.777. The Hall–Kier alpha value is -1.84. The van der Waals surface area contributed by atoms with Crippen LogP contribution in [0.1, 0.15) is 0 Å². The summed E-state index contributed by atoms with van der Waals surface area (Å²) in [5, 5.41) is 310. The molecule has 0 aliphatic carbocycles.